The van der Waals surface area contributed by atoms with Crippen LogP contribution in [0.1, 0.15) is 32.4 Å². The third kappa shape index (κ3) is 6.89. The number of halogens is 3. The van der Waals surface area contributed by atoms with Gasteiger partial charge in [0.1, 0.15) is 19.6 Å². The number of amides is 1. The third-order valence-electron chi connectivity index (χ3n) is 3.37. The highest BCUT2D eigenvalue weighted by Gasteiger charge is 2.35. The predicted molar refractivity (Wildman–Crippen MR) is 112 cm³/mol. The van der Waals surface area contributed by atoms with Gasteiger partial charge in [0.2, 0.25) is 0 Å². The number of aromatic nitrogens is 2. The van der Waals surface area contributed by atoms with Gasteiger partial charge in [0, 0.05) is 24.7 Å². The Morgan fingerprint density at radius 2 is 1.69 bits per heavy atom. The van der Waals surface area contributed by atoms with Crippen LogP contribution in [0.2, 0.25) is 10.3 Å². The molecular formula is C18H20Cl2IN3O2. The first-order valence-corrected chi connectivity index (χ1v) is 9.86. The van der Waals surface area contributed by atoms with Crippen molar-refractivity contribution in [1.82, 2.24) is 14.9 Å². The molecule has 0 aliphatic carbocycles. The lowest BCUT2D eigenvalue weighted by Crippen LogP contribution is -2.50. The fourth-order valence-electron chi connectivity index (χ4n) is 2.18. The predicted octanol–water partition coefficient (Wildman–Crippen LogP) is 5.41. The van der Waals surface area contributed by atoms with Gasteiger partial charge in [0.15, 0.2) is 0 Å². The molecule has 0 atom stereocenters. The number of carbonyl (C=O) groups is 1. The number of hydrogen-bond acceptors (Lipinski definition) is 4. The Bertz CT molecular complexity index is 745. The summed E-state index contributed by atoms with van der Waals surface area (Å²) in [7, 11) is 0. The molecule has 5 nitrogen and oxygen atoms in total. The number of pyridine rings is 2. The van der Waals surface area contributed by atoms with E-state index in [0.717, 1.165) is 9.39 Å². The highest BCUT2D eigenvalue weighted by Crippen LogP contribution is 2.27. The van der Waals surface area contributed by atoms with E-state index < -0.39 is 5.60 Å². The van der Waals surface area contributed by atoms with Crippen LogP contribution >= 0.6 is 45.8 Å². The molecule has 3 rings (SSSR count). The highest BCUT2D eigenvalue weighted by molar-refractivity contribution is 14.1. The molecule has 0 aromatic carbocycles. The van der Waals surface area contributed by atoms with Gasteiger partial charge in [-0.05, 0) is 67.6 Å². The first kappa shape index (κ1) is 21.2. The standard InChI is InChI=1S/C13H17ClN2O2.C5H3ClIN/c1-13(2,3)18-12(17)16-7-9(8-16)10-5-4-6-11(14)15-10;6-4-2-1-3-5(7)8-4/h4-6,9H,7-8H2,1-3H3;1-3H. The van der Waals surface area contributed by atoms with Crippen LogP contribution in [0.25, 0.3) is 0 Å². The van der Waals surface area contributed by atoms with Crippen LogP contribution in [-0.2, 0) is 4.74 Å². The molecule has 8 heteroatoms. The second kappa shape index (κ2) is 9.19. The molecule has 2 aromatic heterocycles. The van der Waals surface area contributed by atoms with Crippen LogP contribution in [0, 0.1) is 3.70 Å². The molecule has 0 bridgehead atoms. The van der Waals surface area contributed by atoms with Crippen molar-refractivity contribution in [3.05, 3.63) is 56.1 Å². The van der Waals surface area contributed by atoms with Gasteiger partial charge in [0.05, 0.1) is 0 Å². The van der Waals surface area contributed by atoms with Gasteiger partial charge in [-0.15, -0.1) is 0 Å². The summed E-state index contributed by atoms with van der Waals surface area (Å²) in [4.78, 5) is 21.6. The van der Waals surface area contributed by atoms with Crippen LogP contribution in [0.15, 0.2) is 36.4 Å². The van der Waals surface area contributed by atoms with Crippen LogP contribution in [0.5, 0.6) is 0 Å². The Labute approximate surface area is 177 Å². The number of ether oxygens (including phenoxy) is 1. The Kier molecular flexibility index (Phi) is 7.49. The molecule has 0 saturated carbocycles. The molecule has 3 heterocycles. The average molecular weight is 508 g/mol. The molecule has 0 N–H and O–H groups in total. The molecule has 26 heavy (non-hydrogen) atoms. The monoisotopic (exact) mass is 507 g/mol. The molecular weight excluding hydrogens is 488 g/mol. The number of rotatable bonds is 1. The van der Waals surface area contributed by atoms with Crippen LogP contribution < -0.4 is 0 Å². The Balaban J connectivity index is 0.000000254. The zero-order valence-electron chi connectivity index (χ0n) is 14.7. The summed E-state index contributed by atoms with van der Waals surface area (Å²) in [6.45, 7) is 6.87. The normalized spacial score (nSPS) is 14.2. The maximum Gasteiger partial charge on any atom is 0.410 e. The molecule has 1 saturated heterocycles. The van der Waals surface area contributed by atoms with E-state index in [9.17, 15) is 4.79 Å². The minimum Gasteiger partial charge on any atom is -0.444 e. The Morgan fingerprint density at radius 3 is 2.15 bits per heavy atom. The van der Waals surface area contributed by atoms with Crippen LogP contribution in [-0.4, -0.2) is 39.7 Å². The highest BCUT2D eigenvalue weighted by atomic mass is 127. The third-order valence-corrected chi connectivity index (χ3v) is 4.39. The lowest BCUT2D eigenvalue weighted by molar-refractivity contribution is 0.00788. The SMILES string of the molecule is CC(C)(C)OC(=O)N1CC(c2cccc(Cl)n2)C1.Clc1cccc(I)n1. The molecule has 1 aliphatic rings. The minimum absolute atomic E-state index is 0.260. The number of hydrogen-bond donors (Lipinski definition) is 0. The van der Waals surface area contributed by atoms with Gasteiger partial charge in [-0.1, -0.05) is 35.3 Å². The summed E-state index contributed by atoms with van der Waals surface area (Å²) in [6.07, 6.45) is -0.263. The first-order chi connectivity index (χ1) is 12.1. The molecule has 1 fully saturated rings. The molecule has 140 valence electrons. The van der Waals surface area contributed by atoms with Gasteiger partial charge in [0.25, 0.3) is 0 Å². The molecule has 2 aromatic rings. The minimum atomic E-state index is -0.448. The molecule has 0 unspecified atom stereocenters. The smallest absolute Gasteiger partial charge is 0.410 e. The quantitative estimate of drug-likeness (QED) is 0.382. The van der Waals surface area contributed by atoms with Crippen molar-refractivity contribution in [3.63, 3.8) is 0 Å². The molecule has 1 aliphatic heterocycles. The van der Waals surface area contributed by atoms with Crippen molar-refractivity contribution in [3.8, 4) is 0 Å². The fourth-order valence-corrected chi connectivity index (χ4v) is 3.12. The maximum atomic E-state index is 11.7. The van der Waals surface area contributed by atoms with Crippen molar-refractivity contribution in [2.45, 2.75) is 32.3 Å². The van der Waals surface area contributed by atoms with E-state index in [1.807, 2.05) is 45.0 Å². The van der Waals surface area contributed by atoms with Crippen molar-refractivity contribution >= 4 is 51.9 Å². The summed E-state index contributed by atoms with van der Waals surface area (Å²) in [5.41, 5.74) is 0.485. The molecule has 0 radical (unpaired) electrons. The zero-order valence-corrected chi connectivity index (χ0v) is 18.4. The second-order valence-electron chi connectivity index (χ2n) is 6.75. The van der Waals surface area contributed by atoms with Crippen molar-refractivity contribution < 1.29 is 9.53 Å². The summed E-state index contributed by atoms with van der Waals surface area (Å²) in [5, 5.41) is 1.04. The van der Waals surface area contributed by atoms with Crippen molar-refractivity contribution in [2.75, 3.05) is 13.1 Å². The van der Waals surface area contributed by atoms with E-state index in [1.165, 1.54) is 0 Å². The summed E-state index contributed by atoms with van der Waals surface area (Å²) in [6, 6.07) is 11.1. The lowest BCUT2D eigenvalue weighted by atomic mass is 9.96. The molecule has 0 spiro atoms. The summed E-state index contributed by atoms with van der Waals surface area (Å²) >= 11 is 13.5. The fraction of sp³-hybridized carbons (Fsp3) is 0.389. The Hall–Kier alpha value is -1.12. The van der Waals surface area contributed by atoms with Gasteiger partial charge in [-0.25, -0.2) is 14.8 Å². The van der Waals surface area contributed by atoms with Gasteiger partial charge in [-0.3, -0.25) is 0 Å². The molecule has 1 amide bonds. The van der Waals surface area contributed by atoms with Gasteiger partial charge < -0.3 is 9.64 Å². The largest absolute Gasteiger partial charge is 0.444 e. The number of likely N-dealkylation sites (tertiary alicyclic amines) is 1. The maximum absolute atomic E-state index is 11.7. The van der Waals surface area contributed by atoms with E-state index >= 15 is 0 Å². The summed E-state index contributed by atoms with van der Waals surface area (Å²) in [5.74, 6) is 0.260. The zero-order chi connectivity index (χ0) is 19.3. The van der Waals surface area contributed by atoms with Crippen molar-refractivity contribution in [1.29, 1.82) is 0 Å². The van der Waals surface area contributed by atoms with Gasteiger partial charge >= 0.3 is 6.09 Å². The summed E-state index contributed by atoms with van der Waals surface area (Å²) < 4.78 is 6.22. The van der Waals surface area contributed by atoms with Gasteiger partial charge in [-0.2, -0.15) is 0 Å². The van der Waals surface area contributed by atoms with E-state index in [-0.39, 0.29) is 12.0 Å². The topological polar surface area (TPSA) is 55.3 Å². The number of nitrogens with zero attached hydrogens (tertiary/aromatic N) is 3. The van der Waals surface area contributed by atoms with E-state index in [0.29, 0.717) is 23.4 Å². The van der Waals surface area contributed by atoms with E-state index in [4.69, 9.17) is 27.9 Å². The van der Waals surface area contributed by atoms with Crippen molar-refractivity contribution in [2.24, 2.45) is 0 Å². The number of carbonyl (C=O) groups excluding carboxylic acids is 1. The first-order valence-electron chi connectivity index (χ1n) is 8.02. The van der Waals surface area contributed by atoms with Crippen LogP contribution in [0.4, 0.5) is 4.79 Å². The second-order valence-corrected chi connectivity index (χ2v) is 8.63. The lowest BCUT2D eigenvalue weighted by Gasteiger charge is -2.39. The average Bonchev–Trinajstić information content (AvgIpc) is 2.44. The van der Waals surface area contributed by atoms with E-state index in [2.05, 4.69) is 32.6 Å². The Morgan fingerprint density at radius 1 is 1.12 bits per heavy atom. The van der Waals surface area contributed by atoms with E-state index in [1.54, 1.807) is 17.0 Å². The van der Waals surface area contributed by atoms with Crippen LogP contribution in [0.3, 0.4) is 0 Å².